The van der Waals surface area contributed by atoms with Gasteiger partial charge in [0.15, 0.2) is 6.10 Å². The lowest BCUT2D eigenvalue weighted by molar-refractivity contribution is -0.132. The molecule has 3 unspecified atom stereocenters. The molecule has 0 aliphatic heterocycles. The van der Waals surface area contributed by atoms with Crippen LogP contribution in [0.5, 0.6) is 5.75 Å². The van der Waals surface area contributed by atoms with Gasteiger partial charge in [0.05, 0.1) is 0 Å². The van der Waals surface area contributed by atoms with Gasteiger partial charge in [-0.15, -0.1) is 0 Å². The zero-order chi connectivity index (χ0) is 20.1. The van der Waals surface area contributed by atoms with Gasteiger partial charge in [-0.2, -0.15) is 0 Å². The molecular weight excluding hydrogens is 370 g/mol. The number of amides is 3. The first kappa shape index (κ1) is 21.0. The highest BCUT2D eigenvalue weighted by Gasteiger charge is 2.38. The van der Waals surface area contributed by atoms with Gasteiger partial charge in [-0.3, -0.25) is 25.2 Å². The van der Waals surface area contributed by atoms with Gasteiger partial charge in [0.25, 0.3) is 5.91 Å². The molecule has 3 amide bonds. The molecule has 0 heterocycles. The Kier molecular flexibility index (Phi) is 7.07. The number of carbonyl (C=O) groups is 3. The summed E-state index contributed by atoms with van der Waals surface area (Å²) in [5.41, 5.74) is 6.30. The van der Waals surface area contributed by atoms with Crippen molar-refractivity contribution in [3.63, 3.8) is 0 Å². The second-order valence-electron chi connectivity index (χ2n) is 7.03. The maximum Gasteiger partial charge on any atom is 0.279 e. The predicted molar refractivity (Wildman–Crippen MR) is 102 cm³/mol. The largest absolute Gasteiger partial charge is 0.480 e. The van der Waals surface area contributed by atoms with Gasteiger partial charge in [-0.25, -0.2) is 0 Å². The summed E-state index contributed by atoms with van der Waals surface area (Å²) in [6.45, 7) is 7.53. The molecule has 7 nitrogen and oxygen atoms in total. The van der Waals surface area contributed by atoms with Crippen LogP contribution in [0.15, 0.2) is 12.1 Å². The molecule has 3 atom stereocenters. The number of hydrogen-bond donors (Lipinski definition) is 3. The van der Waals surface area contributed by atoms with E-state index in [2.05, 4.69) is 16.2 Å². The second-order valence-corrected chi connectivity index (χ2v) is 7.46. The topological polar surface area (TPSA) is 96.5 Å². The molecule has 27 heavy (non-hydrogen) atoms. The number of rotatable bonds is 7. The summed E-state index contributed by atoms with van der Waals surface area (Å²) in [6.07, 6.45) is 0.177. The molecule has 1 aliphatic carbocycles. The van der Waals surface area contributed by atoms with E-state index in [4.69, 9.17) is 16.3 Å². The minimum absolute atomic E-state index is 0.0185. The average Bonchev–Trinajstić information content (AvgIpc) is 3.32. The molecule has 1 saturated carbocycles. The van der Waals surface area contributed by atoms with Crippen molar-refractivity contribution in [1.82, 2.24) is 16.2 Å². The predicted octanol–water partition coefficient (Wildman–Crippen LogP) is 2.03. The Morgan fingerprint density at radius 2 is 1.81 bits per heavy atom. The van der Waals surface area contributed by atoms with E-state index in [0.29, 0.717) is 16.7 Å². The highest BCUT2D eigenvalue weighted by molar-refractivity contribution is 6.30. The van der Waals surface area contributed by atoms with Crippen molar-refractivity contribution in [2.45, 2.75) is 46.6 Å². The summed E-state index contributed by atoms with van der Waals surface area (Å²) >= 11 is 5.99. The molecule has 1 aromatic rings. The van der Waals surface area contributed by atoms with Crippen LogP contribution >= 0.6 is 11.6 Å². The second kappa shape index (κ2) is 9.08. The number of hydrazine groups is 1. The van der Waals surface area contributed by atoms with Crippen LogP contribution in [0.25, 0.3) is 0 Å². The van der Waals surface area contributed by atoms with E-state index in [-0.39, 0.29) is 24.8 Å². The Morgan fingerprint density at radius 1 is 1.22 bits per heavy atom. The molecule has 0 aromatic heterocycles. The molecule has 0 saturated heterocycles. The van der Waals surface area contributed by atoms with Crippen LogP contribution in [0.2, 0.25) is 5.02 Å². The Balaban J connectivity index is 1.71. The van der Waals surface area contributed by atoms with Crippen molar-refractivity contribution < 1.29 is 19.1 Å². The summed E-state index contributed by atoms with van der Waals surface area (Å²) < 4.78 is 5.70. The molecule has 1 fully saturated rings. The lowest BCUT2D eigenvalue weighted by Gasteiger charge is -2.18. The minimum atomic E-state index is -0.806. The molecule has 8 heteroatoms. The van der Waals surface area contributed by atoms with Crippen LogP contribution in [0, 0.1) is 25.7 Å². The Hall–Kier alpha value is -2.28. The van der Waals surface area contributed by atoms with Crippen molar-refractivity contribution in [3.05, 3.63) is 28.3 Å². The third kappa shape index (κ3) is 6.13. The lowest BCUT2D eigenvalue weighted by atomic mass is 10.1. The van der Waals surface area contributed by atoms with Crippen LogP contribution in [0.1, 0.15) is 37.8 Å². The average molecular weight is 396 g/mol. The Labute approximate surface area is 164 Å². The van der Waals surface area contributed by atoms with Gasteiger partial charge < -0.3 is 10.1 Å². The number of ether oxygens (including phenoxy) is 1. The van der Waals surface area contributed by atoms with Crippen LogP contribution in [-0.4, -0.2) is 30.4 Å². The zero-order valence-electron chi connectivity index (χ0n) is 16.0. The van der Waals surface area contributed by atoms with Crippen molar-refractivity contribution in [2.24, 2.45) is 11.8 Å². The molecule has 1 aromatic carbocycles. The molecule has 0 spiro atoms. The van der Waals surface area contributed by atoms with Crippen LogP contribution in [0.4, 0.5) is 0 Å². The van der Waals surface area contributed by atoms with Crippen LogP contribution in [-0.2, 0) is 14.4 Å². The first-order valence-electron chi connectivity index (χ1n) is 8.98. The molecule has 0 radical (unpaired) electrons. The van der Waals surface area contributed by atoms with Crippen molar-refractivity contribution >= 4 is 29.3 Å². The Morgan fingerprint density at radius 3 is 2.37 bits per heavy atom. The standard InChI is InChI=1S/C19H26ClN3O4/c1-10-9-15(10)19(26)21-6-5-16(24)22-23-18(25)13(4)27-17-11(2)7-14(20)8-12(17)3/h7-8,10,13,15H,5-6,9H2,1-4H3,(H,21,26)(H,22,24)(H,23,25). The lowest BCUT2D eigenvalue weighted by Crippen LogP contribution is -2.47. The normalized spacial score (nSPS) is 19.0. The molecular formula is C19H26ClN3O4. The molecule has 0 bridgehead atoms. The van der Waals surface area contributed by atoms with Crippen molar-refractivity contribution in [2.75, 3.05) is 6.54 Å². The maximum absolute atomic E-state index is 12.1. The number of benzene rings is 1. The summed E-state index contributed by atoms with van der Waals surface area (Å²) in [4.78, 5) is 35.5. The van der Waals surface area contributed by atoms with E-state index in [1.165, 1.54) is 0 Å². The maximum atomic E-state index is 12.1. The molecule has 3 N–H and O–H groups in total. The first-order chi connectivity index (χ1) is 12.7. The van der Waals surface area contributed by atoms with Crippen LogP contribution < -0.4 is 20.9 Å². The fourth-order valence-electron chi connectivity index (χ4n) is 2.73. The van der Waals surface area contributed by atoms with Gasteiger partial charge in [-0.05, 0) is 56.4 Å². The number of halogens is 1. The van der Waals surface area contributed by atoms with E-state index < -0.39 is 17.9 Å². The van der Waals surface area contributed by atoms with Gasteiger partial charge >= 0.3 is 0 Å². The molecule has 1 aliphatic rings. The summed E-state index contributed by atoms with van der Waals surface area (Å²) in [6, 6.07) is 3.51. The van der Waals surface area contributed by atoms with E-state index in [1.54, 1.807) is 19.1 Å². The number of carbonyl (C=O) groups excluding carboxylic acids is 3. The van der Waals surface area contributed by atoms with E-state index >= 15 is 0 Å². The van der Waals surface area contributed by atoms with E-state index in [1.807, 2.05) is 20.8 Å². The third-order valence-corrected chi connectivity index (χ3v) is 4.73. The fourth-order valence-corrected chi connectivity index (χ4v) is 3.05. The summed E-state index contributed by atoms with van der Waals surface area (Å²) in [5.74, 6) is 0.199. The van der Waals surface area contributed by atoms with Crippen molar-refractivity contribution in [1.29, 1.82) is 0 Å². The summed E-state index contributed by atoms with van der Waals surface area (Å²) in [5, 5.41) is 3.32. The van der Waals surface area contributed by atoms with Gasteiger partial charge in [-0.1, -0.05) is 18.5 Å². The highest BCUT2D eigenvalue weighted by Crippen LogP contribution is 2.37. The Bertz CT molecular complexity index is 715. The molecule has 2 rings (SSSR count). The SMILES string of the molecule is Cc1cc(Cl)cc(C)c1OC(C)C(=O)NNC(=O)CCNC(=O)C1CC1C. The number of hydrogen-bond acceptors (Lipinski definition) is 4. The minimum Gasteiger partial charge on any atom is -0.480 e. The zero-order valence-corrected chi connectivity index (χ0v) is 16.8. The van der Waals surface area contributed by atoms with Gasteiger partial charge in [0.1, 0.15) is 5.75 Å². The smallest absolute Gasteiger partial charge is 0.279 e. The summed E-state index contributed by atoms with van der Waals surface area (Å²) in [7, 11) is 0. The first-order valence-corrected chi connectivity index (χ1v) is 9.36. The van der Waals surface area contributed by atoms with Crippen LogP contribution in [0.3, 0.4) is 0 Å². The quantitative estimate of drug-likeness (QED) is 0.615. The van der Waals surface area contributed by atoms with E-state index in [9.17, 15) is 14.4 Å². The third-order valence-electron chi connectivity index (χ3n) is 4.51. The monoisotopic (exact) mass is 395 g/mol. The van der Waals surface area contributed by atoms with Gasteiger partial charge in [0, 0.05) is 23.9 Å². The fraction of sp³-hybridized carbons (Fsp3) is 0.526. The number of nitrogens with one attached hydrogen (secondary N) is 3. The molecule has 148 valence electrons. The highest BCUT2D eigenvalue weighted by atomic mass is 35.5. The van der Waals surface area contributed by atoms with Gasteiger partial charge in [0.2, 0.25) is 11.8 Å². The number of aryl methyl sites for hydroxylation is 2. The van der Waals surface area contributed by atoms with Crippen molar-refractivity contribution in [3.8, 4) is 5.75 Å². The van der Waals surface area contributed by atoms with E-state index in [0.717, 1.165) is 17.5 Å².